The molecular formula is C55H38O. The van der Waals surface area contributed by atoms with E-state index in [4.69, 9.17) is 4.42 Å². The number of hydrogen-bond acceptors (Lipinski definition) is 1. The SMILES string of the molecule is CC1(C)c2ccc(C3=Cc4ccc(-c5c6ccccc6c(-c6ccccc6)c6ccccc56)cc4CC3)cc2-c2cc3cc4c(cc3cc21)oc1ccccc14. The number of benzene rings is 9. The van der Waals surface area contributed by atoms with E-state index in [9.17, 15) is 0 Å². The second kappa shape index (κ2) is 11.7. The van der Waals surface area contributed by atoms with E-state index in [0.29, 0.717) is 0 Å². The molecule has 9 aromatic carbocycles. The van der Waals surface area contributed by atoms with Gasteiger partial charge in [0.2, 0.25) is 0 Å². The summed E-state index contributed by atoms with van der Waals surface area (Å²) in [4.78, 5) is 0. The lowest BCUT2D eigenvalue weighted by molar-refractivity contribution is 0.661. The van der Waals surface area contributed by atoms with E-state index < -0.39 is 0 Å². The Hall–Kier alpha value is -6.70. The summed E-state index contributed by atoms with van der Waals surface area (Å²) in [7, 11) is 0. The molecule has 2 aliphatic rings. The fraction of sp³-hybridized carbons (Fsp3) is 0.0909. The Labute approximate surface area is 326 Å². The predicted octanol–water partition coefficient (Wildman–Crippen LogP) is 15.2. The van der Waals surface area contributed by atoms with Crippen molar-refractivity contribution in [2.24, 2.45) is 0 Å². The van der Waals surface area contributed by atoms with E-state index in [0.717, 1.165) is 24.0 Å². The Kier molecular flexibility index (Phi) is 6.58. The summed E-state index contributed by atoms with van der Waals surface area (Å²) in [5.74, 6) is 0. The van der Waals surface area contributed by atoms with Gasteiger partial charge in [0.1, 0.15) is 11.2 Å². The molecule has 0 aliphatic heterocycles. The molecular weight excluding hydrogens is 677 g/mol. The average Bonchev–Trinajstić information content (AvgIpc) is 3.71. The van der Waals surface area contributed by atoms with Crippen LogP contribution in [-0.2, 0) is 11.8 Å². The molecule has 10 aromatic rings. The van der Waals surface area contributed by atoms with Gasteiger partial charge in [0.25, 0.3) is 0 Å². The summed E-state index contributed by atoms with van der Waals surface area (Å²) in [5.41, 5.74) is 18.0. The van der Waals surface area contributed by atoms with Crippen molar-refractivity contribution in [1.82, 2.24) is 0 Å². The zero-order chi connectivity index (χ0) is 37.1. The lowest BCUT2D eigenvalue weighted by Gasteiger charge is -2.23. The van der Waals surface area contributed by atoms with E-state index in [1.807, 2.05) is 6.07 Å². The normalized spacial score (nSPS) is 14.4. The number of para-hydroxylation sites is 1. The van der Waals surface area contributed by atoms with Crippen LogP contribution in [0.15, 0.2) is 168 Å². The van der Waals surface area contributed by atoms with Crippen molar-refractivity contribution in [3.63, 3.8) is 0 Å². The highest BCUT2D eigenvalue weighted by atomic mass is 16.3. The molecule has 56 heavy (non-hydrogen) atoms. The molecule has 1 heterocycles. The van der Waals surface area contributed by atoms with Crippen LogP contribution < -0.4 is 0 Å². The van der Waals surface area contributed by atoms with Crippen LogP contribution in [-0.4, -0.2) is 0 Å². The van der Waals surface area contributed by atoms with Crippen molar-refractivity contribution in [2.45, 2.75) is 32.1 Å². The fourth-order valence-corrected chi connectivity index (χ4v) is 10.1. The van der Waals surface area contributed by atoms with Gasteiger partial charge in [-0.25, -0.2) is 0 Å². The van der Waals surface area contributed by atoms with E-state index in [2.05, 4.69) is 178 Å². The van der Waals surface area contributed by atoms with Crippen LogP contribution in [0.3, 0.4) is 0 Å². The molecule has 264 valence electrons. The van der Waals surface area contributed by atoms with Crippen molar-refractivity contribution in [3.05, 3.63) is 192 Å². The summed E-state index contributed by atoms with van der Waals surface area (Å²) in [6.45, 7) is 4.75. The lowest BCUT2D eigenvalue weighted by atomic mass is 9.81. The van der Waals surface area contributed by atoms with Crippen LogP contribution in [0.2, 0.25) is 0 Å². The van der Waals surface area contributed by atoms with E-state index in [1.165, 1.54) is 110 Å². The summed E-state index contributed by atoms with van der Waals surface area (Å²) >= 11 is 0. The Morgan fingerprint density at radius 2 is 1.05 bits per heavy atom. The van der Waals surface area contributed by atoms with Gasteiger partial charge in [-0.05, 0) is 148 Å². The largest absolute Gasteiger partial charge is 0.456 e. The van der Waals surface area contributed by atoms with Crippen LogP contribution >= 0.6 is 0 Å². The van der Waals surface area contributed by atoms with Crippen LogP contribution in [0.5, 0.6) is 0 Å². The Bertz CT molecular complexity index is 3260. The topological polar surface area (TPSA) is 13.1 Å². The third-order valence-corrected chi connectivity index (χ3v) is 12.9. The number of allylic oxidation sites excluding steroid dienone is 1. The van der Waals surface area contributed by atoms with Crippen molar-refractivity contribution < 1.29 is 4.42 Å². The van der Waals surface area contributed by atoms with E-state index in [1.54, 1.807) is 0 Å². The lowest BCUT2D eigenvalue weighted by Crippen LogP contribution is -2.15. The third-order valence-electron chi connectivity index (χ3n) is 12.9. The van der Waals surface area contributed by atoms with Gasteiger partial charge >= 0.3 is 0 Å². The van der Waals surface area contributed by atoms with E-state index >= 15 is 0 Å². The van der Waals surface area contributed by atoms with Gasteiger partial charge in [0, 0.05) is 16.2 Å². The molecule has 0 fully saturated rings. The van der Waals surface area contributed by atoms with E-state index in [-0.39, 0.29) is 5.41 Å². The second-order valence-corrected chi connectivity index (χ2v) is 16.4. The summed E-state index contributed by atoms with van der Waals surface area (Å²) in [6.07, 6.45) is 4.48. The average molecular weight is 715 g/mol. The zero-order valence-electron chi connectivity index (χ0n) is 31.5. The van der Waals surface area contributed by atoms with Crippen LogP contribution in [0.4, 0.5) is 0 Å². The first-order valence-corrected chi connectivity index (χ1v) is 19.9. The quantitative estimate of drug-likeness (QED) is 0.166. The molecule has 0 N–H and O–H groups in total. The van der Waals surface area contributed by atoms with Crippen molar-refractivity contribution in [3.8, 4) is 33.4 Å². The van der Waals surface area contributed by atoms with Crippen molar-refractivity contribution >= 4 is 65.9 Å². The summed E-state index contributed by atoms with van der Waals surface area (Å²) < 4.78 is 6.28. The number of aryl methyl sites for hydroxylation is 1. The van der Waals surface area contributed by atoms with Gasteiger partial charge < -0.3 is 4.42 Å². The maximum Gasteiger partial charge on any atom is 0.136 e. The first kappa shape index (κ1) is 31.6. The van der Waals surface area contributed by atoms with Gasteiger partial charge in [-0.15, -0.1) is 0 Å². The molecule has 0 bridgehead atoms. The molecule has 0 spiro atoms. The number of hydrogen-bond donors (Lipinski definition) is 0. The Balaban J connectivity index is 0.953. The molecule has 1 heteroatoms. The Morgan fingerprint density at radius 3 is 1.80 bits per heavy atom. The molecule has 0 radical (unpaired) electrons. The minimum absolute atomic E-state index is 0.0855. The molecule has 0 amide bonds. The molecule has 0 saturated heterocycles. The monoisotopic (exact) mass is 714 g/mol. The third kappa shape index (κ3) is 4.55. The molecule has 1 nitrogen and oxygen atoms in total. The predicted molar refractivity (Wildman–Crippen MR) is 237 cm³/mol. The maximum absolute atomic E-state index is 6.28. The second-order valence-electron chi connectivity index (χ2n) is 16.4. The molecule has 2 aliphatic carbocycles. The molecule has 12 rings (SSSR count). The Morgan fingerprint density at radius 1 is 0.429 bits per heavy atom. The number of fused-ring (bicyclic) bond motifs is 10. The minimum atomic E-state index is -0.0855. The number of rotatable bonds is 3. The van der Waals surface area contributed by atoms with Gasteiger partial charge in [-0.3, -0.25) is 0 Å². The first-order valence-electron chi connectivity index (χ1n) is 19.9. The standard InChI is InChI=1S/C55H38O/c1-55(2)49-25-24-37(28-46(49)47-29-39-30-48-41-14-10-11-19-51(41)56-52(48)32-40(39)31-50(47)55)35-20-21-36-27-38(23-22-34(36)26-35)54-44-17-8-6-15-42(44)53(33-12-4-3-5-13-33)43-16-7-9-18-45(43)54/h3-19,22-32H,20-21H2,1-2H3. The molecule has 0 unspecified atom stereocenters. The van der Waals surface area contributed by atoms with Gasteiger partial charge in [-0.1, -0.05) is 147 Å². The minimum Gasteiger partial charge on any atom is -0.456 e. The highest BCUT2D eigenvalue weighted by Crippen LogP contribution is 2.52. The van der Waals surface area contributed by atoms with Crippen molar-refractivity contribution in [2.75, 3.05) is 0 Å². The number of furan rings is 1. The maximum atomic E-state index is 6.28. The highest BCUT2D eigenvalue weighted by molar-refractivity contribution is 6.21. The fourth-order valence-electron chi connectivity index (χ4n) is 10.1. The molecule has 0 saturated carbocycles. The van der Waals surface area contributed by atoms with Gasteiger partial charge in [0.05, 0.1) is 0 Å². The van der Waals surface area contributed by atoms with Crippen LogP contribution in [0.25, 0.3) is 99.3 Å². The summed E-state index contributed by atoms with van der Waals surface area (Å²) in [6, 6.07) is 60.9. The highest BCUT2D eigenvalue weighted by Gasteiger charge is 2.36. The molecule has 0 atom stereocenters. The first-order chi connectivity index (χ1) is 27.5. The summed E-state index contributed by atoms with van der Waals surface area (Å²) in [5, 5.41) is 10.0. The van der Waals surface area contributed by atoms with Crippen LogP contribution in [0.1, 0.15) is 48.1 Å². The smallest absolute Gasteiger partial charge is 0.136 e. The van der Waals surface area contributed by atoms with Gasteiger partial charge in [-0.2, -0.15) is 0 Å². The molecule has 1 aromatic heterocycles. The van der Waals surface area contributed by atoms with Crippen LogP contribution in [0, 0.1) is 0 Å². The van der Waals surface area contributed by atoms with Crippen molar-refractivity contribution in [1.29, 1.82) is 0 Å². The zero-order valence-corrected chi connectivity index (χ0v) is 31.5. The van der Waals surface area contributed by atoms with Gasteiger partial charge in [0.15, 0.2) is 0 Å².